The van der Waals surface area contributed by atoms with Gasteiger partial charge in [-0.05, 0) is 24.3 Å². The lowest BCUT2D eigenvalue weighted by atomic mass is 9.94. The third kappa shape index (κ3) is 4.91. The molecule has 0 unspecified atom stereocenters. The van der Waals surface area contributed by atoms with Gasteiger partial charge in [0.15, 0.2) is 6.21 Å². The Kier molecular flexibility index (Phi) is 5.73. The Morgan fingerprint density at radius 1 is 1.07 bits per heavy atom. The molecular weight excluding hydrogens is 371 g/mol. The highest BCUT2D eigenvalue weighted by atomic mass is 19.4. The molecule has 1 aliphatic heterocycles. The minimum atomic E-state index is -4.46. The molecule has 1 N–H and O–H groups in total. The molecule has 0 aliphatic carbocycles. The second-order valence-electron chi connectivity index (χ2n) is 6.48. The van der Waals surface area contributed by atoms with Crippen molar-refractivity contribution in [3.63, 3.8) is 0 Å². The van der Waals surface area contributed by atoms with Crippen LogP contribution in [0.3, 0.4) is 0 Å². The second-order valence-corrected chi connectivity index (χ2v) is 6.48. The van der Waals surface area contributed by atoms with Gasteiger partial charge in [-0.25, -0.2) is 0 Å². The first-order valence-electron chi connectivity index (χ1n) is 8.68. The van der Waals surface area contributed by atoms with E-state index in [4.69, 9.17) is 4.74 Å². The topological polar surface area (TPSA) is 55.5 Å². The molecule has 0 saturated carbocycles. The van der Waals surface area contributed by atoms with Gasteiger partial charge in [-0.1, -0.05) is 24.0 Å². The maximum absolute atomic E-state index is 12.6. The minimum absolute atomic E-state index is 0.0684. The molecule has 0 radical (unpaired) electrons. The van der Waals surface area contributed by atoms with E-state index >= 15 is 0 Å². The van der Waals surface area contributed by atoms with Crippen LogP contribution >= 0.6 is 0 Å². The standard InChI is InChI=1S/C21H18F3NO3/c22-21(23,24)18-5-7-19(8-6-18)25(27)15-17-4-2-1-3-16(17)9-10-20(26)11-13-28-14-12-20/h1-8,15,26H,11-14H2/b25-15-. The molecule has 1 fully saturated rings. The summed E-state index contributed by atoms with van der Waals surface area (Å²) in [5.41, 5.74) is -0.842. The number of rotatable bonds is 2. The molecule has 0 bridgehead atoms. The molecule has 2 aromatic rings. The highest BCUT2D eigenvalue weighted by molar-refractivity contribution is 5.81. The number of alkyl halides is 3. The summed E-state index contributed by atoms with van der Waals surface area (Å²) in [6, 6.07) is 10.8. The first-order valence-corrected chi connectivity index (χ1v) is 8.68. The lowest BCUT2D eigenvalue weighted by molar-refractivity contribution is -0.354. The molecule has 1 saturated heterocycles. The molecule has 4 nitrogen and oxygen atoms in total. The van der Waals surface area contributed by atoms with Crippen molar-refractivity contribution in [3.8, 4) is 11.8 Å². The van der Waals surface area contributed by atoms with Gasteiger partial charge in [-0.3, -0.25) is 0 Å². The third-order valence-electron chi connectivity index (χ3n) is 4.42. The van der Waals surface area contributed by atoms with Gasteiger partial charge >= 0.3 is 6.18 Å². The van der Waals surface area contributed by atoms with Crippen molar-refractivity contribution in [2.75, 3.05) is 13.2 Å². The Labute approximate surface area is 160 Å². The largest absolute Gasteiger partial charge is 0.618 e. The molecule has 3 rings (SSSR count). The summed E-state index contributed by atoms with van der Waals surface area (Å²) in [7, 11) is 0. The highest BCUT2D eigenvalue weighted by Crippen LogP contribution is 2.30. The lowest BCUT2D eigenvalue weighted by Gasteiger charge is -2.26. The number of hydrogen-bond donors (Lipinski definition) is 1. The number of aliphatic hydroxyl groups is 1. The summed E-state index contributed by atoms with van der Waals surface area (Å²) in [6.07, 6.45) is -2.39. The maximum atomic E-state index is 12.6. The summed E-state index contributed by atoms with van der Waals surface area (Å²) < 4.78 is 43.6. The van der Waals surface area contributed by atoms with E-state index in [0.717, 1.165) is 24.3 Å². The van der Waals surface area contributed by atoms with Gasteiger partial charge in [-0.2, -0.15) is 17.9 Å². The van der Waals surface area contributed by atoms with E-state index in [1.54, 1.807) is 24.3 Å². The van der Waals surface area contributed by atoms with Gasteiger partial charge in [0.05, 0.1) is 24.3 Å². The fourth-order valence-electron chi connectivity index (χ4n) is 2.74. The van der Waals surface area contributed by atoms with Crippen LogP contribution in [0.4, 0.5) is 18.9 Å². The van der Waals surface area contributed by atoms with Crippen LogP contribution in [-0.2, 0) is 10.9 Å². The van der Waals surface area contributed by atoms with Crippen molar-refractivity contribution < 1.29 is 27.8 Å². The van der Waals surface area contributed by atoms with E-state index in [2.05, 4.69) is 11.8 Å². The summed E-state index contributed by atoms with van der Waals surface area (Å²) in [4.78, 5) is 0. The molecule has 0 spiro atoms. The molecule has 1 heterocycles. The van der Waals surface area contributed by atoms with Gasteiger partial charge in [0, 0.05) is 30.5 Å². The van der Waals surface area contributed by atoms with Gasteiger partial charge in [0.2, 0.25) is 5.69 Å². The Morgan fingerprint density at radius 2 is 1.71 bits per heavy atom. The smallest absolute Gasteiger partial charge is 0.416 e. The molecule has 28 heavy (non-hydrogen) atoms. The monoisotopic (exact) mass is 389 g/mol. The van der Waals surface area contributed by atoms with Crippen molar-refractivity contribution in [1.82, 2.24) is 0 Å². The zero-order valence-electron chi connectivity index (χ0n) is 14.9. The molecule has 7 heteroatoms. The van der Waals surface area contributed by atoms with Crippen LogP contribution in [0.5, 0.6) is 0 Å². The predicted molar refractivity (Wildman–Crippen MR) is 98.2 cm³/mol. The van der Waals surface area contributed by atoms with E-state index in [0.29, 0.717) is 41.9 Å². The molecule has 146 valence electrons. The number of hydrogen-bond acceptors (Lipinski definition) is 3. The van der Waals surface area contributed by atoms with Crippen LogP contribution in [0.15, 0.2) is 48.5 Å². The van der Waals surface area contributed by atoms with Crippen molar-refractivity contribution in [3.05, 3.63) is 70.4 Å². The van der Waals surface area contributed by atoms with Crippen LogP contribution in [0, 0.1) is 17.0 Å². The van der Waals surface area contributed by atoms with Gasteiger partial charge in [-0.15, -0.1) is 0 Å². The lowest BCUT2D eigenvalue weighted by Crippen LogP contribution is -2.34. The van der Waals surface area contributed by atoms with Gasteiger partial charge in [0.1, 0.15) is 5.60 Å². The van der Waals surface area contributed by atoms with Crippen LogP contribution in [-0.4, -0.2) is 34.9 Å². The van der Waals surface area contributed by atoms with Crippen LogP contribution in [0.1, 0.15) is 29.5 Å². The molecular formula is C21H18F3NO3. The Morgan fingerprint density at radius 3 is 2.36 bits per heavy atom. The first-order chi connectivity index (χ1) is 13.3. The average Bonchev–Trinajstić information content (AvgIpc) is 2.67. The van der Waals surface area contributed by atoms with Crippen molar-refractivity contribution in [2.45, 2.75) is 24.6 Å². The zero-order valence-corrected chi connectivity index (χ0v) is 14.9. The summed E-state index contributed by atoms with van der Waals surface area (Å²) in [5.74, 6) is 5.76. The van der Waals surface area contributed by atoms with E-state index in [1.807, 2.05) is 0 Å². The average molecular weight is 389 g/mol. The first kappa shape index (κ1) is 19.9. The Hall–Kier alpha value is -2.82. The SMILES string of the molecule is [O-]/[N+](=C\c1ccccc1C#CC1(O)CCOCC1)c1ccc(C(F)(F)F)cc1. The van der Waals surface area contributed by atoms with Crippen molar-refractivity contribution >= 4 is 11.9 Å². The minimum Gasteiger partial charge on any atom is -0.618 e. The number of nitrogens with zero attached hydrogens (tertiary/aromatic N) is 1. The summed E-state index contributed by atoms with van der Waals surface area (Å²) in [5, 5.41) is 22.8. The van der Waals surface area contributed by atoms with Crippen molar-refractivity contribution in [1.29, 1.82) is 0 Å². The third-order valence-corrected chi connectivity index (χ3v) is 4.42. The summed E-state index contributed by atoms with van der Waals surface area (Å²) in [6.45, 7) is 0.864. The van der Waals surface area contributed by atoms with Gasteiger partial charge < -0.3 is 15.1 Å². The predicted octanol–water partition coefficient (Wildman–Crippen LogP) is 3.86. The van der Waals surface area contributed by atoms with E-state index in [9.17, 15) is 23.5 Å². The zero-order chi connectivity index (χ0) is 20.2. The van der Waals surface area contributed by atoms with E-state index < -0.39 is 17.3 Å². The molecule has 2 aromatic carbocycles. The Balaban J connectivity index is 1.86. The highest BCUT2D eigenvalue weighted by Gasteiger charge is 2.30. The Bertz CT molecular complexity index is 918. The van der Waals surface area contributed by atoms with Crippen LogP contribution in [0.25, 0.3) is 0 Å². The normalized spacial score (nSPS) is 16.9. The van der Waals surface area contributed by atoms with E-state index in [1.165, 1.54) is 6.21 Å². The van der Waals surface area contributed by atoms with Gasteiger partial charge in [0.25, 0.3) is 0 Å². The fraction of sp³-hybridized carbons (Fsp3) is 0.286. The second kappa shape index (κ2) is 8.05. The fourth-order valence-corrected chi connectivity index (χ4v) is 2.74. The number of benzene rings is 2. The van der Waals surface area contributed by atoms with E-state index in [-0.39, 0.29) is 5.69 Å². The van der Waals surface area contributed by atoms with Crippen molar-refractivity contribution in [2.24, 2.45) is 0 Å². The maximum Gasteiger partial charge on any atom is 0.416 e. The number of ether oxygens (including phenoxy) is 1. The number of halogens is 3. The molecule has 1 aliphatic rings. The molecule has 0 aromatic heterocycles. The summed E-state index contributed by atoms with van der Waals surface area (Å²) >= 11 is 0. The van der Waals surface area contributed by atoms with Crippen LogP contribution in [0.2, 0.25) is 0 Å². The molecule has 0 amide bonds. The van der Waals surface area contributed by atoms with Crippen LogP contribution < -0.4 is 0 Å². The molecule has 0 atom stereocenters. The quantitative estimate of drug-likeness (QED) is 0.279.